The number of nitrogens with one attached hydrogen (secondary N) is 2. The lowest BCUT2D eigenvalue weighted by Crippen LogP contribution is -2.27. The van der Waals surface area contributed by atoms with Crippen molar-refractivity contribution >= 4 is 10.9 Å². The summed E-state index contributed by atoms with van der Waals surface area (Å²) in [6, 6.07) is 12.4. The van der Waals surface area contributed by atoms with Crippen molar-refractivity contribution in [2.24, 2.45) is 5.92 Å². The average molecular weight is 424 g/mol. The van der Waals surface area contributed by atoms with Crippen molar-refractivity contribution < 1.29 is 9.47 Å². The predicted molar refractivity (Wildman–Crippen MR) is 125 cm³/mol. The number of aromatic nitrogens is 2. The fourth-order valence-electron chi connectivity index (χ4n) is 3.81. The Balaban J connectivity index is 1.84. The van der Waals surface area contributed by atoms with E-state index in [9.17, 15) is 4.79 Å². The first-order valence-corrected chi connectivity index (χ1v) is 10.9. The molecule has 0 saturated carbocycles. The lowest BCUT2D eigenvalue weighted by molar-refractivity contribution is 0.355. The van der Waals surface area contributed by atoms with E-state index < -0.39 is 0 Å². The molecule has 0 spiro atoms. The third-order valence-electron chi connectivity index (χ3n) is 5.89. The molecule has 0 bridgehead atoms. The quantitative estimate of drug-likeness (QED) is 0.510. The number of H-pyrrole nitrogens is 1. The van der Waals surface area contributed by atoms with Crippen LogP contribution in [-0.2, 0) is 6.54 Å². The number of rotatable bonds is 9. The van der Waals surface area contributed by atoms with Crippen LogP contribution in [0, 0.1) is 5.92 Å². The van der Waals surface area contributed by atoms with Crippen molar-refractivity contribution in [3.8, 4) is 11.5 Å². The topological polar surface area (TPSA) is 76.2 Å². The normalized spacial score (nSPS) is 13.4. The molecule has 2 N–H and O–H groups in total. The molecular formula is C25H33N3O3. The smallest absolute Gasteiger partial charge is 0.258 e. The number of nitrogens with zero attached hydrogens (tertiary/aromatic N) is 1. The van der Waals surface area contributed by atoms with E-state index in [1.165, 1.54) is 11.1 Å². The molecule has 6 heteroatoms. The minimum absolute atomic E-state index is 0.150. The Labute approximate surface area is 184 Å². The first kappa shape index (κ1) is 22.8. The molecule has 166 valence electrons. The van der Waals surface area contributed by atoms with Gasteiger partial charge < -0.3 is 19.8 Å². The maximum absolute atomic E-state index is 12.6. The van der Waals surface area contributed by atoms with E-state index in [4.69, 9.17) is 9.47 Å². The third kappa shape index (κ3) is 5.07. The lowest BCUT2D eigenvalue weighted by atomic mass is 9.92. The highest BCUT2D eigenvalue weighted by Crippen LogP contribution is 2.30. The number of benzene rings is 2. The summed E-state index contributed by atoms with van der Waals surface area (Å²) in [5, 5.41) is 4.04. The van der Waals surface area contributed by atoms with E-state index >= 15 is 0 Å². The molecule has 0 aliphatic rings. The van der Waals surface area contributed by atoms with Crippen molar-refractivity contribution in [3.63, 3.8) is 0 Å². The van der Waals surface area contributed by atoms with Gasteiger partial charge in [-0.3, -0.25) is 4.79 Å². The Morgan fingerprint density at radius 1 is 1.00 bits per heavy atom. The SMILES string of the molecule is CC[C@H](C)c1ccc([C@@H](NCc2nc3cc(OC)c(OC)cc3c(=O)[nH]2)C(C)C)cc1. The highest BCUT2D eigenvalue weighted by Gasteiger charge is 2.17. The van der Waals surface area contributed by atoms with Crippen LogP contribution < -0.4 is 20.3 Å². The van der Waals surface area contributed by atoms with Gasteiger partial charge in [0.05, 0.1) is 31.7 Å². The molecule has 2 atom stereocenters. The maximum atomic E-state index is 12.6. The molecule has 1 heterocycles. The summed E-state index contributed by atoms with van der Waals surface area (Å²) in [6.07, 6.45) is 1.13. The van der Waals surface area contributed by atoms with Gasteiger partial charge in [0.2, 0.25) is 0 Å². The fraction of sp³-hybridized carbons (Fsp3) is 0.440. The molecule has 6 nitrogen and oxygen atoms in total. The molecule has 0 saturated heterocycles. The van der Waals surface area contributed by atoms with Crippen molar-refractivity contribution in [1.82, 2.24) is 15.3 Å². The van der Waals surface area contributed by atoms with Crippen LogP contribution in [-0.4, -0.2) is 24.2 Å². The van der Waals surface area contributed by atoms with Crippen LogP contribution in [0.5, 0.6) is 11.5 Å². The van der Waals surface area contributed by atoms with Crippen molar-refractivity contribution in [1.29, 1.82) is 0 Å². The molecule has 3 aromatic rings. The highest BCUT2D eigenvalue weighted by atomic mass is 16.5. The molecule has 0 aliphatic carbocycles. The van der Waals surface area contributed by atoms with Gasteiger partial charge in [-0.25, -0.2) is 4.98 Å². The number of fused-ring (bicyclic) bond motifs is 1. The van der Waals surface area contributed by atoms with Crippen molar-refractivity contribution in [2.75, 3.05) is 14.2 Å². The second-order valence-corrected chi connectivity index (χ2v) is 8.32. The number of hydrogen-bond donors (Lipinski definition) is 2. The molecule has 2 aromatic carbocycles. The van der Waals surface area contributed by atoms with Gasteiger partial charge >= 0.3 is 0 Å². The van der Waals surface area contributed by atoms with Crippen LogP contribution in [0.1, 0.15) is 63.0 Å². The standard InChI is InChI=1S/C25H33N3O3/c1-7-16(4)17-8-10-18(11-9-17)24(15(2)3)26-14-23-27-20-13-22(31-6)21(30-5)12-19(20)25(29)28-23/h8-13,15-16,24,26H,7,14H2,1-6H3,(H,27,28,29)/t16-,24-/m0/s1. The van der Waals surface area contributed by atoms with E-state index in [1.54, 1.807) is 26.4 Å². The van der Waals surface area contributed by atoms with Gasteiger partial charge in [0.15, 0.2) is 11.5 Å². The summed E-state index contributed by atoms with van der Waals surface area (Å²) >= 11 is 0. The first-order valence-electron chi connectivity index (χ1n) is 10.9. The molecule has 1 aromatic heterocycles. The van der Waals surface area contributed by atoms with Crippen LogP contribution in [0.4, 0.5) is 0 Å². The zero-order valence-electron chi connectivity index (χ0n) is 19.3. The number of methoxy groups -OCH3 is 2. The molecule has 0 aliphatic heterocycles. The Morgan fingerprint density at radius 3 is 2.19 bits per heavy atom. The average Bonchev–Trinajstić information content (AvgIpc) is 2.78. The minimum Gasteiger partial charge on any atom is -0.493 e. The van der Waals surface area contributed by atoms with Gasteiger partial charge in [0, 0.05) is 12.1 Å². The summed E-state index contributed by atoms with van der Waals surface area (Å²) in [5.74, 6) is 2.59. The second kappa shape index (κ2) is 9.96. The number of ether oxygens (including phenoxy) is 2. The highest BCUT2D eigenvalue weighted by molar-refractivity contribution is 5.81. The zero-order chi connectivity index (χ0) is 22.5. The summed E-state index contributed by atoms with van der Waals surface area (Å²) in [5.41, 5.74) is 2.98. The van der Waals surface area contributed by atoms with Crippen LogP contribution in [0.15, 0.2) is 41.2 Å². The van der Waals surface area contributed by atoms with E-state index in [-0.39, 0.29) is 11.6 Å². The Kier molecular flexibility index (Phi) is 7.33. The van der Waals surface area contributed by atoms with Crippen molar-refractivity contribution in [2.45, 2.75) is 52.6 Å². The van der Waals surface area contributed by atoms with E-state index in [2.05, 4.69) is 67.2 Å². The van der Waals surface area contributed by atoms with Gasteiger partial charge in [0.25, 0.3) is 5.56 Å². The van der Waals surface area contributed by atoms with Gasteiger partial charge in [0.1, 0.15) is 5.82 Å². The fourth-order valence-corrected chi connectivity index (χ4v) is 3.81. The molecular weight excluding hydrogens is 390 g/mol. The van der Waals surface area contributed by atoms with Crippen LogP contribution in [0.25, 0.3) is 10.9 Å². The van der Waals surface area contributed by atoms with E-state index in [0.29, 0.717) is 46.6 Å². The molecule has 0 unspecified atom stereocenters. The molecule has 0 amide bonds. The summed E-state index contributed by atoms with van der Waals surface area (Å²) < 4.78 is 10.6. The minimum atomic E-state index is -0.193. The largest absolute Gasteiger partial charge is 0.493 e. The van der Waals surface area contributed by atoms with Gasteiger partial charge in [-0.15, -0.1) is 0 Å². The molecule has 0 radical (unpaired) electrons. The molecule has 3 rings (SSSR count). The van der Waals surface area contributed by atoms with Gasteiger partial charge in [-0.2, -0.15) is 0 Å². The second-order valence-electron chi connectivity index (χ2n) is 8.32. The predicted octanol–water partition coefficient (Wildman–Crippen LogP) is 4.94. The lowest BCUT2D eigenvalue weighted by Gasteiger charge is -2.23. The van der Waals surface area contributed by atoms with E-state index in [1.807, 2.05) is 0 Å². The first-order chi connectivity index (χ1) is 14.9. The molecule has 31 heavy (non-hydrogen) atoms. The monoisotopic (exact) mass is 423 g/mol. The summed E-state index contributed by atoms with van der Waals surface area (Å²) in [7, 11) is 3.12. The van der Waals surface area contributed by atoms with Gasteiger partial charge in [-0.05, 0) is 35.4 Å². The van der Waals surface area contributed by atoms with Crippen molar-refractivity contribution in [3.05, 3.63) is 63.7 Å². The van der Waals surface area contributed by atoms with E-state index in [0.717, 1.165) is 6.42 Å². The number of hydrogen-bond acceptors (Lipinski definition) is 5. The summed E-state index contributed by atoms with van der Waals surface area (Å²) in [6.45, 7) is 9.29. The number of aromatic amines is 1. The Hall–Kier alpha value is -2.86. The maximum Gasteiger partial charge on any atom is 0.258 e. The van der Waals surface area contributed by atoms with Crippen LogP contribution >= 0.6 is 0 Å². The molecule has 0 fully saturated rings. The Bertz CT molecular complexity index is 1070. The Morgan fingerprint density at radius 2 is 1.61 bits per heavy atom. The summed E-state index contributed by atoms with van der Waals surface area (Å²) in [4.78, 5) is 20.2. The van der Waals surface area contributed by atoms with Crippen LogP contribution in [0.3, 0.4) is 0 Å². The van der Waals surface area contributed by atoms with Gasteiger partial charge in [-0.1, -0.05) is 52.0 Å². The third-order valence-corrected chi connectivity index (χ3v) is 5.89. The van der Waals surface area contributed by atoms with Crippen LogP contribution in [0.2, 0.25) is 0 Å². The zero-order valence-corrected chi connectivity index (χ0v) is 19.3.